The molecule has 0 amide bonds. The van der Waals surface area contributed by atoms with Gasteiger partial charge in [0.1, 0.15) is 18.0 Å². The van der Waals surface area contributed by atoms with Gasteiger partial charge in [0.05, 0.1) is 5.69 Å². The van der Waals surface area contributed by atoms with Crippen LogP contribution in [0.2, 0.25) is 0 Å². The minimum Gasteiger partial charge on any atom is -0.459 e. The second-order valence-electron chi connectivity index (χ2n) is 4.84. The maximum absolute atomic E-state index is 11.7. The number of carbonyl (C=O) groups is 1. The van der Waals surface area contributed by atoms with Crippen molar-refractivity contribution in [3.8, 4) is 0 Å². The summed E-state index contributed by atoms with van der Waals surface area (Å²) in [5.41, 5.74) is 0.387. The van der Waals surface area contributed by atoms with Crippen LogP contribution in [0.4, 0.5) is 0 Å². The highest BCUT2D eigenvalue weighted by molar-refractivity contribution is 5.75. The SMILES string of the molecule is CC(NCc1ccncn1)C(=O)OC(C)(C)C. The van der Waals surface area contributed by atoms with Gasteiger partial charge in [-0.25, -0.2) is 9.97 Å². The van der Waals surface area contributed by atoms with Gasteiger partial charge in [0.2, 0.25) is 0 Å². The molecule has 1 N–H and O–H groups in total. The molecule has 1 aromatic rings. The average molecular weight is 237 g/mol. The molecule has 0 spiro atoms. The van der Waals surface area contributed by atoms with E-state index in [0.29, 0.717) is 6.54 Å². The maximum atomic E-state index is 11.7. The van der Waals surface area contributed by atoms with Crippen LogP contribution in [0.25, 0.3) is 0 Å². The van der Waals surface area contributed by atoms with Crippen molar-refractivity contribution in [1.29, 1.82) is 0 Å². The van der Waals surface area contributed by atoms with E-state index < -0.39 is 5.60 Å². The molecule has 0 aliphatic heterocycles. The number of carbonyl (C=O) groups excluding carboxylic acids is 1. The van der Waals surface area contributed by atoms with Crippen molar-refractivity contribution in [1.82, 2.24) is 15.3 Å². The molecule has 1 rings (SSSR count). The van der Waals surface area contributed by atoms with E-state index in [1.54, 1.807) is 19.2 Å². The first-order chi connectivity index (χ1) is 7.88. The number of hydrogen-bond donors (Lipinski definition) is 1. The van der Waals surface area contributed by atoms with E-state index in [1.807, 2.05) is 20.8 Å². The van der Waals surface area contributed by atoms with Gasteiger partial charge in [-0.2, -0.15) is 0 Å². The van der Waals surface area contributed by atoms with Crippen molar-refractivity contribution in [2.24, 2.45) is 0 Å². The normalized spacial score (nSPS) is 13.2. The second-order valence-corrected chi connectivity index (χ2v) is 4.84. The van der Waals surface area contributed by atoms with Crippen LogP contribution < -0.4 is 5.32 Å². The third-order valence-electron chi connectivity index (χ3n) is 1.99. The van der Waals surface area contributed by atoms with Crippen LogP contribution in [0.5, 0.6) is 0 Å². The van der Waals surface area contributed by atoms with Gasteiger partial charge < -0.3 is 4.74 Å². The van der Waals surface area contributed by atoms with Crippen LogP contribution in [0.1, 0.15) is 33.4 Å². The van der Waals surface area contributed by atoms with Gasteiger partial charge in [-0.15, -0.1) is 0 Å². The van der Waals surface area contributed by atoms with Gasteiger partial charge >= 0.3 is 5.97 Å². The molecule has 5 nitrogen and oxygen atoms in total. The Morgan fingerprint density at radius 2 is 2.24 bits per heavy atom. The Morgan fingerprint density at radius 3 is 2.76 bits per heavy atom. The first-order valence-corrected chi connectivity index (χ1v) is 5.59. The summed E-state index contributed by atoms with van der Waals surface area (Å²) >= 11 is 0. The molecule has 0 fully saturated rings. The van der Waals surface area contributed by atoms with Crippen LogP contribution in [-0.2, 0) is 16.1 Å². The molecule has 1 heterocycles. The topological polar surface area (TPSA) is 64.1 Å². The van der Waals surface area contributed by atoms with Crippen LogP contribution >= 0.6 is 0 Å². The van der Waals surface area contributed by atoms with E-state index in [4.69, 9.17) is 4.74 Å². The molecule has 0 aromatic carbocycles. The lowest BCUT2D eigenvalue weighted by Gasteiger charge is -2.22. The molecule has 5 heteroatoms. The predicted octanol–water partition coefficient (Wildman–Crippen LogP) is 1.30. The van der Waals surface area contributed by atoms with E-state index in [2.05, 4.69) is 15.3 Å². The molecule has 94 valence electrons. The molecule has 0 aliphatic rings. The highest BCUT2D eigenvalue weighted by atomic mass is 16.6. The van der Waals surface area contributed by atoms with Crippen molar-refractivity contribution in [2.45, 2.75) is 45.9 Å². The van der Waals surface area contributed by atoms with Crippen LogP contribution in [-0.4, -0.2) is 27.6 Å². The monoisotopic (exact) mass is 237 g/mol. The summed E-state index contributed by atoms with van der Waals surface area (Å²) in [4.78, 5) is 19.5. The minimum atomic E-state index is -0.456. The van der Waals surface area contributed by atoms with Gasteiger partial charge in [0, 0.05) is 12.7 Å². The van der Waals surface area contributed by atoms with E-state index in [0.717, 1.165) is 5.69 Å². The van der Waals surface area contributed by atoms with Crippen LogP contribution in [0.15, 0.2) is 18.6 Å². The summed E-state index contributed by atoms with van der Waals surface area (Å²) in [7, 11) is 0. The quantitative estimate of drug-likeness (QED) is 0.800. The summed E-state index contributed by atoms with van der Waals surface area (Å²) in [5.74, 6) is -0.258. The number of ether oxygens (including phenoxy) is 1. The van der Waals surface area contributed by atoms with Gasteiger partial charge in [-0.3, -0.25) is 10.1 Å². The predicted molar refractivity (Wildman–Crippen MR) is 64.2 cm³/mol. The molecule has 1 atom stereocenters. The molecule has 0 saturated heterocycles. The average Bonchev–Trinajstić information content (AvgIpc) is 2.25. The summed E-state index contributed by atoms with van der Waals surface area (Å²) in [6.45, 7) is 7.84. The van der Waals surface area contributed by atoms with E-state index >= 15 is 0 Å². The molecular formula is C12H19N3O2. The largest absolute Gasteiger partial charge is 0.459 e. The fraction of sp³-hybridized carbons (Fsp3) is 0.583. The third-order valence-corrected chi connectivity index (χ3v) is 1.99. The highest BCUT2D eigenvalue weighted by Crippen LogP contribution is 2.08. The molecular weight excluding hydrogens is 218 g/mol. The third kappa shape index (κ3) is 5.40. The smallest absolute Gasteiger partial charge is 0.323 e. The summed E-state index contributed by atoms with van der Waals surface area (Å²) in [6.07, 6.45) is 3.15. The lowest BCUT2D eigenvalue weighted by molar-refractivity contribution is -0.157. The molecule has 0 radical (unpaired) electrons. The number of nitrogens with one attached hydrogen (secondary N) is 1. The lowest BCUT2D eigenvalue weighted by atomic mass is 10.2. The van der Waals surface area contributed by atoms with Gasteiger partial charge in [0.15, 0.2) is 0 Å². The Hall–Kier alpha value is -1.49. The number of nitrogens with zero attached hydrogens (tertiary/aromatic N) is 2. The first kappa shape index (κ1) is 13.6. The fourth-order valence-corrected chi connectivity index (χ4v) is 1.15. The minimum absolute atomic E-state index is 0.258. The van der Waals surface area contributed by atoms with Crippen LogP contribution in [0.3, 0.4) is 0 Å². The van der Waals surface area contributed by atoms with Crippen molar-refractivity contribution in [2.75, 3.05) is 0 Å². The fourth-order valence-electron chi connectivity index (χ4n) is 1.15. The van der Waals surface area contributed by atoms with Crippen molar-refractivity contribution in [3.05, 3.63) is 24.3 Å². The summed E-state index contributed by atoms with van der Waals surface area (Å²) < 4.78 is 5.25. The van der Waals surface area contributed by atoms with E-state index in [-0.39, 0.29) is 12.0 Å². The van der Waals surface area contributed by atoms with Gasteiger partial charge in [-0.1, -0.05) is 0 Å². The van der Waals surface area contributed by atoms with Crippen molar-refractivity contribution >= 4 is 5.97 Å². The van der Waals surface area contributed by atoms with E-state index in [1.165, 1.54) is 6.33 Å². The Kier molecular flexibility index (Phi) is 4.57. The molecule has 0 saturated carbocycles. The van der Waals surface area contributed by atoms with Crippen LogP contribution in [0, 0.1) is 0 Å². The Balaban J connectivity index is 2.40. The highest BCUT2D eigenvalue weighted by Gasteiger charge is 2.21. The Morgan fingerprint density at radius 1 is 1.53 bits per heavy atom. The van der Waals surface area contributed by atoms with Crippen molar-refractivity contribution in [3.63, 3.8) is 0 Å². The zero-order valence-corrected chi connectivity index (χ0v) is 10.7. The van der Waals surface area contributed by atoms with E-state index in [9.17, 15) is 4.79 Å². The zero-order chi connectivity index (χ0) is 12.9. The summed E-state index contributed by atoms with van der Waals surface area (Å²) in [5, 5.41) is 3.06. The first-order valence-electron chi connectivity index (χ1n) is 5.59. The molecule has 0 bridgehead atoms. The number of hydrogen-bond acceptors (Lipinski definition) is 5. The maximum Gasteiger partial charge on any atom is 0.323 e. The summed E-state index contributed by atoms with van der Waals surface area (Å²) in [6, 6.07) is 1.44. The molecule has 17 heavy (non-hydrogen) atoms. The molecule has 1 aromatic heterocycles. The van der Waals surface area contributed by atoms with Gasteiger partial charge in [-0.05, 0) is 33.8 Å². The lowest BCUT2D eigenvalue weighted by Crippen LogP contribution is -2.38. The number of esters is 1. The number of aromatic nitrogens is 2. The molecule has 0 aliphatic carbocycles. The standard InChI is InChI=1S/C12H19N3O2/c1-9(11(16)17-12(2,3)4)14-7-10-5-6-13-8-15-10/h5-6,8-9,14H,7H2,1-4H3. The zero-order valence-electron chi connectivity index (χ0n) is 10.7. The van der Waals surface area contributed by atoms with Crippen molar-refractivity contribution < 1.29 is 9.53 Å². The second kappa shape index (κ2) is 5.72. The Bertz CT molecular complexity index is 360. The Labute approximate surface area is 102 Å². The van der Waals surface area contributed by atoms with Gasteiger partial charge in [0.25, 0.3) is 0 Å². The number of rotatable bonds is 4. The molecule has 1 unspecified atom stereocenters.